The quantitative estimate of drug-likeness (QED) is 0.851. The Balaban J connectivity index is 2.16. The van der Waals surface area contributed by atoms with E-state index in [0.717, 1.165) is 19.4 Å². The minimum Gasteiger partial charge on any atom is -0.469 e. The fraction of sp³-hybridized carbons (Fsp3) is 0.615. The Kier molecular flexibility index (Phi) is 3.52. The molecule has 0 bridgehead atoms. The third-order valence-electron chi connectivity index (χ3n) is 3.60. The Hall–Kier alpha value is -1.29. The predicted octanol–water partition coefficient (Wildman–Crippen LogP) is 1.79. The van der Waals surface area contributed by atoms with Gasteiger partial charge in [0, 0.05) is 19.1 Å². The summed E-state index contributed by atoms with van der Waals surface area (Å²) in [5.74, 6) is 1.39. The number of hydrogen-bond donors (Lipinski definition) is 1. The Morgan fingerprint density at radius 2 is 2.41 bits per heavy atom. The molecule has 0 spiro atoms. The summed E-state index contributed by atoms with van der Waals surface area (Å²) in [6, 6.07) is 1.91. The highest BCUT2D eigenvalue weighted by Gasteiger charge is 2.30. The number of likely N-dealkylation sites (tertiary alicyclic amines) is 1. The minimum atomic E-state index is 0.0543. The van der Waals surface area contributed by atoms with Crippen LogP contribution in [0.3, 0.4) is 0 Å². The van der Waals surface area contributed by atoms with Crippen molar-refractivity contribution in [3.63, 3.8) is 0 Å². The second kappa shape index (κ2) is 4.92. The van der Waals surface area contributed by atoms with E-state index in [1.807, 2.05) is 11.8 Å². The normalized spacial score (nSPS) is 25.0. The molecule has 4 heteroatoms. The Bertz CT molecular complexity index is 400. The van der Waals surface area contributed by atoms with Gasteiger partial charge in [0.05, 0.1) is 11.8 Å². The third-order valence-corrected chi connectivity index (χ3v) is 3.60. The topological polar surface area (TPSA) is 59.5 Å². The third kappa shape index (κ3) is 2.36. The zero-order valence-corrected chi connectivity index (χ0v) is 10.5. The molecule has 0 aromatic carbocycles. The molecule has 1 aromatic rings. The fourth-order valence-corrected chi connectivity index (χ4v) is 2.50. The van der Waals surface area contributed by atoms with E-state index >= 15 is 0 Å². The van der Waals surface area contributed by atoms with Crippen molar-refractivity contribution in [1.82, 2.24) is 4.90 Å². The van der Waals surface area contributed by atoms with Gasteiger partial charge in [-0.25, -0.2) is 0 Å². The highest BCUT2D eigenvalue weighted by molar-refractivity contribution is 5.95. The number of amides is 1. The van der Waals surface area contributed by atoms with Crippen molar-refractivity contribution >= 4 is 5.91 Å². The molecule has 1 aliphatic rings. The highest BCUT2D eigenvalue weighted by atomic mass is 16.3. The molecule has 2 N–H and O–H groups in total. The molecule has 1 saturated heterocycles. The molecule has 2 atom stereocenters. The molecule has 0 radical (unpaired) electrons. The average Bonchev–Trinajstić information content (AvgIpc) is 2.74. The zero-order chi connectivity index (χ0) is 12.4. The summed E-state index contributed by atoms with van der Waals surface area (Å²) in [4.78, 5) is 14.3. The molecule has 1 amide bonds. The van der Waals surface area contributed by atoms with Crippen LogP contribution >= 0.6 is 0 Å². The molecule has 2 unspecified atom stereocenters. The van der Waals surface area contributed by atoms with E-state index in [2.05, 4.69) is 6.92 Å². The minimum absolute atomic E-state index is 0.0543. The van der Waals surface area contributed by atoms with Crippen molar-refractivity contribution in [2.24, 2.45) is 11.7 Å². The van der Waals surface area contributed by atoms with Crippen LogP contribution in [0.4, 0.5) is 0 Å². The van der Waals surface area contributed by atoms with Crippen LogP contribution in [0.15, 0.2) is 16.7 Å². The summed E-state index contributed by atoms with van der Waals surface area (Å²) in [6.07, 6.45) is 3.62. The monoisotopic (exact) mass is 236 g/mol. The van der Waals surface area contributed by atoms with Crippen LogP contribution in [0.5, 0.6) is 0 Å². The first-order valence-electron chi connectivity index (χ1n) is 6.18. The van der Waals surface area contributed by atoms with Crippen LogP contribution < -0.4 is 5.73 Å². The van der Waals surface area contributed by atoms with Gasteiger partial charge in [-0.3, -0.25) is 4.79 Å². The number of nitrogens with zero attached hydrogens (tertiary/aromatic N) is 1. The second-order valence-electron chi connectivity index (χ2n) is 4.91. The average molecular weight is 236 g/mol. The standard InChI is InChI=1S/C13H20N2O2/c1-9-3-5-15(11(7-9)8-14)13(16)12-4-6-17-10(12)2/h4,6,9,11H,3,5,7-8,14H2,1-2H3. The van der Waals surface area contributed by atoms with Gasteiger partial charge in [0.25, 0.3) is 5.91 Å². The number of rotatable bonds is 2. The van der Waals surface area contributed by atoms with Gasteiger partial charge in [0.1, 0.15) is 5.76 Å². The van der Waals surface area contributed by atoms with Gasteiger partial charge >= 0.3 is 0 Å². The van der Waals surface area contributed by atoms with Crippen LogP contribution in [-0.4, -0.2) is 29.9 Å². The molecule has 2 rings (SSSR count). The molecular formula is C13H20N2O2. The van der Waals surface area contributed by atoms with Gasteiger partial charge in [0.15, 0.2) is 0 Å². The second-order valence-corrected chi connectivity index (χ2v) is 4.91. The predicted molar refractivity (Wildman–Crippen MR) is 65.7 cm³/mol. The molecule has 4 nitrogen and oxygen atoms in total. The first-order valence-corrected chi connectivity index (χ1v) is 6.18. The van der Waals surface area contributed by atoms with Gasteiger partial charge in [-0.05, 0) is 31.7 Å². The van der Waals surface area contributed by atoms with Crippen molar-refractivity contribution in [2.45, 2.75) is 32.7 Å². The smallest absolute Gasteiger partial charge is 0.257 e. The summed E-state index contributed by atoms with van der Waals surface area (Å²) < 4.78 is 5.19. The fourth-order valence-electron chi connectivity index (χ4n) is 2.50. The lowest BCUT2D eigenvalue weighted by molar-refractivity contribution is 0.0572. The van der Waals surface area contributed by atoms with Crippen molar-refractivity contribution in [1.29, 1.82) is 0 Å². The zero-order valence-electron chi connectivity index (χ0n) is 10.5. The lowest BCUT2D eigenvalue weighted by Gasteiger charge is -2.37. The molecule has 0 saturated carbocycles. The number of carbonyl (C=O) groups is 1. The lowest BCUT2D eigenvalue weighted by atomic mass is 9.92. The van der Waals surface area contributed by atoms with Crippen molar-refractivity contribution < 1.29 is 9.21 Å². The molecular weight excluding hydrogens is 216 g/mol. The summed E-state index contributed by atoms with van der Waals surface area (Å²) in [6.45, 7) is 5.37. The first kappa shape index (κ1) is 12.2. The molecule has 1 aromatic heterocycles. The van der Waals surface area contributed by atoms with E-state index in [1.165, 1.54) is 0 Å². The first-order chi connectivity index (χ1) is 8.13. The van der Waals surface area contributed by atoms with Gasteiger partial charge in [-0.2, -0.15) is 0 Å². The van der Waals surface area contributed by atoms with Crippen LogP contribution in [0, 0.1) is 12.8 Å². The summed E-state index contributed by atoms with van der Waals surface area (Å²) in [5, 5.41) is 0. The van der Waals surface area contributed by atoms with Crippen molar-refractivity contribution in [2.75, 3.05) is 13.1 Å². The maximum atomic E-state index is 12.4. The van der Waals surface area contributed by atoms with Crippen LogP contribution in [0.25, 0.3) is 0 Å². The molecule has 17 heavy (non-hydrogen) atoms. The van der Waals surface area contributed by atoms with Gasteiger partial charge in [0.2, 0.25) is 0 Å². The summed E-state index contributed by atoms with van der Waals surface area (Å²) in [7, 11) is 0. The molecule has 0 aliphatic carbocycles. The van der Waals surface area contributed by atoms with E-state index in [1.54, 1.807) is 12.3 Å². The van der Waals surface area contributed by atoms with Crippen molar-refractivity contribution in [3.05, 3.63) is 23.7 Å². The van der Waals surface area contributed by atoms with E-state index in [4.69, 9.17) is 10.2 Å². The number of nitrogens with two attached hydrogens (primary N) is 1. The number of piperidine rings is 1. The summed E-state index contributed by atoms with van der Waals surface area (Å²) in [5.41, 5.74) is 6.43. The van der Waals surface area contributed by atoms with Crippen LogP contribution in [0.2, 0.25) is 0 Å². The van der Waals surface area contributed by atoms with E-state index in [-0.39, 0.29) is 11.9 Å². The molecule has 2 heterocycles. The van der Waals surface area contributed by atoms with Crippen molar-refractivity contribution in [3.8, 4) is 0 Å². The lowest BCUT2D eigenvalue weighted by Crippen LogP contribution is -2.49. The Morgan fingerprint density at radius 1 is 1.65 bits per heavy atom. The number of carbonyl (C=O) groups excluding carboxylic acids is 1. The van der Waals surface area contributed by atoms with Gasteiger partial charge in [-0.15, -0.1) is 0 Å². The van der Waals surface area contributed by atoms with Gasteiger partial charge < -0.3 is 15.1 Å². The molecule has 94 valence electrons. The van der Waals surface area contributed by atoms with Crippen LogP contribution in [0.1, 0.15) is 35.9 Å². The maximum absolute atomic E-state index is 12.4. The van der Waals surface area contributed by atoms with E-state index in [9.17, 15) is 4.79 Å². The van der Waals surface area contributed by atoms with E-state index in [0.29, 0.717) is 23.8 Å². The number of hydrogen-bond acceptors (Lipinski definition) is 3. The van der Waals surface area contributed by atoms with E-state index < -0.39 is 0 Å². The Labute approximate surface area is 102 Å². The SMILES string of the molecule is Cc1occc1C(=O)N1CCC(C)CC1CN. The molecule has 1 aliphatic heterocycles. The Morgan fingerprint density at radius 3 is 3.00 bits per heavy atom. The highest BCUT2D eigenvalue weighted by Crippen LogP contribution is 2.24. The number of furan rings is 1. The number of aryl methyl sites for hydroxylation is 1. The largest absolute Gasteiger partial charge is 0.469 e. The summed E-state index contributed by atoms with van der Waals surface area (Å²) >= 11 is 0. The van der Waals surface area contributed by atoms with Gasteiger partial charge in [-0.1, -0.05) is 6.92 Å². The molecule has 1 fully saturated rings. The van der Waals surface area contributed by atoms with Crippen LogP contribution in [-0.2, 0) is 0 Å². The maximum Gasteiger partial charge on any atom is 0.257 e.